The average Bonchev–Trinajstić information content (AvgIpc) is 2.68. The molecule has 0 spiro atoms. The highest BCUT2D eigenvalue weighted by atomic mass is 16.4. The first-order chi connectivity index (χ1) is 8.65. The van der Waals surface area contributed by atoms with Gasteiger partial charge in [-0.3, -0.25) is 4.79 Å². The minimum absolute atomic E-state index is 0.0658. The van der Waals surface area contributed by atoms with Crippen LogP contribution in [0.1, 0.15) is 11.1 Å². The Labute approximate surface area is 104 Å². The predicted octanol–water partition coefficient (Wildman–Crippen LogP) is 3.26. The van der Waals surface area contributed by atoms with Gasteiger partial charge in [0, 0.05) is 21.8 Å². The molecule has 0 radical (unpaired) electrons. The monoisotopic (exact) mass is 239 g/mol. The zero-order chi connectivity index (χ0) is 12.7. The molecule has 3 heteroatoms. The summed E-state index contributed by atoms with van der Waals surface area (Å²) in [4.78, 5) is 14.2. The summed E-state index contributed by atoms with van der Waals surface area (Å²) in [6, 6.07) is 12.0. The highest BCUT2D eigenvalue weighted by molar-refractivity contribution is 6.08. The van der Waals surface area contributed by atoms with Crippen LogP contribution in [0.2, 0.25) is 0 Å². The highest BCUT2D eigenvalue weighted by Gasteiger charge is 2.09. The van der Waals surface area contributed by atoms with Gasteiger partial charge < -0.3 is 10.1 Å². The fraction of sp³-hybridized carbons (Fsp3) is 0.133. The molecule has 0 atom stereocenters. The number of hydrogen-bond acceptors (Lipinski definition) is 1. The molecule has 3 rings (SSSR count). The summed E-state index contributed by atoms with van der Waals surface area (Å²) >= 11 is 0. The molecule has 2 N–H and O–H groups in total. The zero-order valence-corrected chi connectivity index (χ0v) is 10.0. The SMILES string of the molecule is Cc1cc(CC(=O)O)cc2c1[nH]c1ccccc12. The zero-order valence-electron chi connectivity index (χ0n) is 10.0. The summed E-state index contributed by atoms with van der Waals surface area (Å²) in [6.45, 7) is 2.00. The first-order valence-corrected chi connectivity index (χ1v) is 5.87. The van der Waals surface area contributed by atoms with Gasteiger partial charge in [-0.15, -0.1) is 0 Å². The molecule has 1 aromatic heterocycles. The van der Waals surface area contributed by atoms with Gasteiger partial charge in [-0.2, -0.15) is 0 Å². The fourth-order valence-electron chi connectivity index (χ4n) is 2.48. The molecule has 0 saturated carbocycles. The van der Waals surface area contributed by atoms with E-state index < -0.39 is 5.97 Å². The Morgan fingerprint density at radius 3 is 2.78 bits per heavy atom. The predicted molar refractivity (Wildman–Crippen MR) is 71.9 cm³/mol. The summed E-state index contributed by atoms with van der Waals surface area (Å²) in [6.07, 6.45) is 0.0658. The lowest BCUT2D eigenvalue weighted by Gasteiger charge is -2.02. The maximum atomic E-state index is 10.8. The number of hydrogen-bond donors (Lipinski definition) is 2. The Hall–Kier alpha value is -2.29. The molecule has 0 fully saturated rings. The van der Waals surface area contributed by atoms with Gasteiger partial charge in [0.25, 0.3) is 0 Å². The smallest absolute Gasteiger partial charge is 0.307 e. The molecule has 0 aliphatic rings. The summed E-state index contributed by atoms with van der Waals surface area (Å²) in [5.74, 6) is -0.798. The van der Waals surface area contributed by atoms with E-state index in [0.717, 1.165) is 32.9 Å². The molecule has 0 saturated heterocycles. The van der Waals surface area contributed by atoms with E-state index >= 15 is 0 Å². The average molecular weight is 239 g/mol. The van der Waals surface area contributed by atoms with Crippen molar-refractivity contribution in [3.05, 3.63) is 47.5 Å². The van der Waals surface area contributed by atoms with E-state index in [4.69, 9.17) is 5.11 Å². The van der Waals surface area contributed by atoms with Gasteiger partial charge in [0.05, 0.1) is 6.42 Å². The molecule has 0 amide bonds. The largest absolute Gasteiger partial charge is 0.481 e. The molecule has 0 unspecified atom stereocenters. The molecular weight excluding hydrogens is 226 g/mol. The number of benzene rings is 2. The van der Waals surface area contributed by atoms with Crippen LogP contribution in [0, 0.1) is 6.92 Å². The van der Waals surface area contributed by atoms with E-state index in [-0.39, 0.29) is 6.42 Å². The Kier molecular flexibility index (Phi) is 2.33. The maximum absolute atomic E-state index is 10.8. The number of fused-ring (bicyclic) bond motifs is 3. The third kappa shape index (κ3) is 1.64. The van der Waals surface area contributed by atoms with Crippen LogP contribution in [-0.2, 0) is 11.2 Å². The molecule has 1 heterocycles. The normalized spacial score (nSPS) is 11.2. The highest BCUT2D eigenvalue weighted by Crippen LogP contribution is 2.28. The van der Waals surface area contributed by atoms with Gasteiger partial charge in [-0.25, -0.2) is 0 Å². The second-order valence-corrected chi connectivity index (χ2v) is 4.58. The van der Waals surface area contributed by atoms with Gasteiger partial charge in [0.1, 0.15) is 0 Å². The number of aryl methyl sites for hydroxylation is 1. The number of carbonyl (C=O) groups is 1. The Morgan fingerprint density at radius 1 is 1.22 bits per heavy atom. The molecule has 2 aromatic carbocycles. The quantitative estimate of drug-likeness (QED) is 0.721. The van der Waals surface area contributed by atoms with Crippen LogP contribution in [0.15, 0.2) is 36.4 Å². The number of para-hydroxylation sites is 1. The van der Waals surface area contributed by atoms with Crippen molar-refractivity contribution in [2.24, 2.45) is 0 Å². The van der Waals surface area contributed by atoms with Crippen molar-refractivity contribution in [2.45, 2.75) is 13.3 Å². The number of nitrogens with one attached hydrogen (secondary N) is 1. The number of rotatable bonds is 2. The van der Waals surface area contributed by atoms with Crippen molar-refractivity contribution in [2.75, 3.05) is 0 Å². The first kappa shape index (κ1) is 10.8. The molecule has 0 bridgehead atoms. The second-order valence-electron chi connectivity index (χ2n) is 4.58. The lowest BCUT2D eigenvalue weighted by molar-refractivity contribution is -0.136. The number of carboxylic acids is 1. The Morgan fingerprint density at radius 2 is 2.00 bits per heavy atom. The number of aromatic amines is 1. The van der Waals surface area contributed by atoms with E-state index in [1.165, 1.54) is 0 Å². The molecule has 3 nitrogen and oxygen atoms in total. The van der Waals surface area contributed by atoms with Gasteiger partial charge in [0.2, 0.25) is 0 Å². The van der Waals surface area contributed by atoms with E-state index in [1.807, 2.05) is 37.3 Å². The lowest BCUT2D eigenvalue weighted by Crippen LogP contribution is -2.00. The van der Waals surface area contributed by atoms with Gasteiger partial charge in [0.15, 0.2) is 0 Å². The van der Waals surface area contributed by atoms with Crippen molar-refractivity contribution < 1.29 is 9.90 Å². The van der Waals surface area contributed by atoms with Crippen LogP contribution in [0.25, 0.3) is 21.8 Å². The van der Waals surface area contributed by atoms with Crippen LogP contribution >= 0.6 is 0 Å². The maximum Gasteiger partial charge on any atom is 0.307 e. The van der Waals surface area contributed by atoms with Gasteiger partial charge in [-0.1, -0.05) is 24.3 Å². The third-order valence-electron chi connectivity index (χ3n) is 3.23. The summed E-state index contributed by atoms with van der Waals surface area (Å²) in [7, 11) is 0. The van der Waals surface area contributed by atoms with Crippen molar-refractivity contribution in [1.82, 2.24) is 4.98 Å². The molecule has 3 aromatic rings. The number of aliphatic carboxylic acids is 1. The first-order valence-electron chi connectivity index (χ1n) is 5.87. The third-order valence-corrected chi connectivity index (χ3v) is 3.23. The van der Waals surface area contributed by atoms with E-state index in [9.17, 15) is 4.79 Å². The van der Waals surface area contributed by atoms with E-state index in [2.05, 4.69) is 11.1 Å². The summed E-state index contributed by atoms with van der Waals surface area (Å²) in [5, 5.41) is 11.1. The van der Waals surface area contributed by atoms with Crippen LogP contribution in [0.4, 0.5) is 0 Å². The molecular formula is C15H13NO2. The van der Waals surface area contributed by atoms with Crippen LogP contribution in [0.3, 0.4) is 0 Å². The van der Waals surface area contributed by atoms with Crippen molar-refractivity contribution in [1.29, 1.82) is 0 Å². The van der Waals surface area contributed by atoms with Crippen molar-refractivity contribution >= 4 is 27.8 Å². The number of carboxylic acid groups (broad SMARTS) is 1. The topological polar surface area (TPSA) is 53.1 Å². The van der Waals surface area contributed by atoms with Gasteiger partial charge >= 0.3 is 5.97 Å². The van der Waals surface area contributed by atoms with Gasteiger partial charge in [-0.05, 0) is 30.2 Å². The number of aromatic nitrogens is 1. The molecule has 0 aliphatic carbocycles. The van der Waals surface area contributed by atoms with Crippen molar-refractivity contribution in [3.8, 4) is 0 Å². The fourth-order valence-corrected chi connectivity index (χ4v) is 2.48. The van der Waals surface area contributed by atoms with Crippen molar-refractivity contribution in [3.63, 3.8) is 0 Å². The van der Waals surface area contributed by atoms with Crippen LogP contribution in [-0.4, -0.2) is 16.1 Å². The summed E-state index contributed by atoms with van der Waals surface area (Å²) < 4.78 is 0. The Balaban J connectivity index is 2.33. The minimum Gasteiger partial charge on any atom is -0.481 e. The molecule has 18 heavy (non-hydrogen) atoms. The van der Waals surface area contributed by atoms with E-state index in [0.29, 0.717) is 0 Å². The second kappa shape index (κ2) is 3.88. The lowest BCUT2D eigenvalue weighted by atomic mass is 10.0. The Bertz CT molecular complexity index is 756. The minimum atomic E-state index is -0.798. The number of H-pyrrole nitrogens is 1. The standard InChI is InChI=1S/C15H13NO2/c1-9-6-10(8-14(17)18)7-12-11-4-2-3-5-13(11)16-15(9)12/h2-7,16H,8H2,1H3,(H,17,18). The summed E-state index contributed by atoms with van der Waals surface area (Å²) in [5.41, 5.74) is 4.10. The molecule has 0 aliphatic heterocycles. The van der Waals surface area contributed by atoms with Crippen LogP contribution < -0.4 is 0 Å². The molecule has 90 valence electrons. The van der Waals surface area contributed by atoms with Crippen LogP contribution in [0.5, 0.6) is 0 Å². The van der Waals surface area contributed by atoms with E-state index in [1.54, 1.807) is 0 Å².